The van der Waals surface area contributed by atoms with Gasteiger partial charge in [0.1, 0.15) is 5.00 Å². The van der Waals surface area contributed by atoms with E-state index in [1.54, 1.807) is 15.6 Å². The molecule has 0 N–H and O–H groups in total. The number of benzene rings is 1. The Morgan fingerprint density at radius 1 is 1.07 bits per heavy atom. The maximum Gasteiger partial charge on any atom is 0.237 e. The van der Waals surface area contributed by atoms with Crippen molar-refractivity contribution in [1.29, 1.82) is 0 Å². The van der Waals surface area contributed by atoms with Crippen molar-refractivity contribution in [3.63, 3.8) is 0 Å². The number of anilines is 1. The summed E-state index contributed by atoms with van der Waals surface area (Å²) >= 11 is 1.62. The molecule has 1 aromatic heterocycles. The fourth-order valence-corrected chi connectivity index (χ4v) is 7.18. The zero-order valence-electron chi connectivity index (χ0n) is 19.2. The van der Waals surface area contributed by atoms with Crippen molar-refractivity contribution < 1.29 is 8.42 Å². The van der Waals surface area contributed by atoms with Crippen molar-refractivity contribution in [2.75, 3.05) is 23.1 Å². The second-order valence-electron chi connectivity index (χ2n) is 8.90. The van der Waals surface area contributed by atoms with E-state index in [0.29, 0.717) is 31.1 Å². The van der Waals surface area contributed by atoms with Gasteiger partial charge in [-0.2, -0.15) is 0 Å². The molecule has 0 aliphatic heterocycles. The Morgan fingerprint density at radius 3 is 2.27 bits per heavy atom. The summed E-state index contributed by atoms with van der Waals surface area (Å²) in [7, 11) is -3.39. The Labute approximate surface area is 187 Å². The molecule has 1 aliphatic rings. The number of aryl methyl sites for hydroxylation is 1. The molecule has 3 rings (SSSR count). The highest BCUT2D eigenvalue weighted by atomic mass is 32.2. The van der Waals surface area contributed by atoms with Crippen molar-refractivity contribution in [3.8, 4) is 0 Å². The largest absolute Gasteiger partial charge is 0.297 e. The van der Waals surface area contributed by atoms with Gasteiger partial charge < -0.3 is 0 Å². The number of thiophene rings is 1. The zero-order valence-corrected chi connectivity index (χ0v) is 20.9. The highest BCUT2D eigenvalue weighted by Gasteiger charge is 2.31. The van der Waals surface area contributed by atoms with Crippen LogP contribution in [0.3, 0.4) is 0 Å². The van der Waals surface area contributed by atoms with Crippen LogP contribution in [0.5, 0.6) is 0 Å². The minimum atomic E-state index is -3.39. The lowest BCUT2D eigenvalue weighted by atomic mass is 10.1. The summed E-state index contributed by atoms with van der Waals surface area (Å²) in [4.78, 5) is 2.37. The molecule has 0 radical (unpaired) electrons. The van der Waals surface area contributed by atoms with Gasteiger partial charge >= 0.3 is 0 Å². The van der Waals surface area contributed by atoms with E-state index >= 15 is 0 Å². The van der Waals surface area contributed by atoms with Crippen molar-refractivity contribution in [3.05, 3.63) is 29.8 Å². The van der Waals surface area contributed by atoms with E-state index in [1.807, 2.05) is 12.1 Å². The molecule has 0 spiro atoms. The van der Waals surface area contributed by atoms with Crippen molar-refractivity contribution in [2.24, 2.45) is 5.92 Å². The second kappa shape index (κ2) is 10.0. The Balaban J connectivity index is 1.86. The average Bonchev–Trinajstić information content (AvgIpc) is 3.51. The molecule has 2 aromatic rings. The molecule has 1 heterocycles. The van der Waals surface area contributed by atoms with Crippen LogP contribution in [0.15, 0.2) is 24.3 Å². The summed E-state index contributed by atoms with van der Waals surface area (Å²) in [5.41, 5.74) is 1.09. The molecule has 6 heteroatoms. The molecule has 4 nitrogen and oxygen atoms in total. The fourth-order valence-electron chi connectivity index (χ4n) is 4.15. The van der Waals surface area contributed by atoms with E-state index < -0.39 is 10.0 Å². The number of hydrogen-bond donors (Lipinski definition) is 0. The summed E-state index contributed by atoms with van der Waals surface area (Å²) in [6.07, 6.45) is 5.52. The first-order valence-electron chi connectivity index (χ1n) is 11.5. The number of nitrogens with zero attached hydrogens (tertiary/aromatic N) is 2. The highest BCUT2D eigenvalue weighted by Crippen LogP contribution is 2.40. The SMILES string of the molecule is CCC(C)N(CCS(=O)(=O)N(CCC1CC1)c1sc2ccccc2c1C)C(C)CC. The molecule has 2 unspecified atom stereocenters. The topological polar surface area (TPSA) is 40.6 Å². The predicted octanol–water partition coefficient (Wildman–Crippen LogP) is 6.05. The average molecular weight is 451 g/mol. The van der Waals surface area contributed by atoms with Gasteiger partial charge in [0.05, 0.1) is 5.75 Å². The standard InChI is InChI=1S/C24H38N2O2S2/c1-6-18(3)25(19(4)7-2)16-17-30(27,28)26(15-14-21-12-13-21)24-20(5)22-10-8-9-11-23(22)29-24/h8-11,18-19,21H,6-7,12-17H2,1-5H3. The van der Waals surface area contributed by atoms with Crippen LogP contribution >= 0.6 is 11.3 Å². The van der Waals surface area contributed by atoms with Gasteiger partial charge in [0.2, 0.25) is 10.0 Å². The van der Waals surface area contributed by atoms with E-state index in [4.69, 9.17) is 0 Å². The third-order valence-corrected chi connectivity index (χ3v) is 9.89. The normalized spacial score (nSPS) is 16.9. The molecule has 1 fully saturated rings. The third-order valence-electron chi connectivity index (χ3n) is 6.74. The minimum absolute atomic E-state index is 0.181. The molecule has 30 heavy (non-hydrogen) atoms. The van der Waals surface area contributed by atoms with Gasteiger partial charge in [-0.25, -0.2) is 8.42 Å². The number of hydrogen-bond acceptors (Lipinski definition) is 4. The molecule has 0 saturated heterocycles. The lowest BCUT2D eigenvalue weighted by Gasteiger charge is -2.34. The molecule has 1 saturated carbocycles. The van der Waals surface area contributed by atoms with Crippen LogP contribution in [0.2, 0.25) is 0 Å². The van der Waals surface area contributed by atoms with Gasteiger partial charge in [-0.15, -0.1) is 11.3 Å². The zero-order chi connectivity index (χ0) is 21.9. The summed E-state index contributed by atoms with van der Waals surface area (Å²) in [6, 6.07) is 9.04. The van der Waals surface area contributed by atoms with Gasteiger partial charge in [0, 0.05) is 29.9 Å². The van der Waals surface area contributed by atoms with Gasteiger partial charge in [-0.1, -0.05) is 44.9 Å². The third kappa shape index (κ3) is 5.38. The van der Waals surface area contributed by atoms with E-state index in [-0.39, 0.29) is 5.75 Å². The second-order valence-corrected chi connectivity index (χ2v) is 11.9. The van der Waals surface area contributed by atoms with E-state index in [9.17, 15) is 8.42 Å². The maximum absolute atomic E-state index is 13.6. The number of fused-ring (bicyclic) bond motifs is 1. The summed E-state index contributed by atoms with van der Waals surface area (Å²) < 4.78 is 30.2. The molecule has 1 aliphatic carbocycles. The van der Waals surface area contributed by atoms with E-state index in [0.717, 1.165) is 34.5 Å². The molecule has 0 bridgehead atoms. The number of rotatable bonds is 12. The smallest absolute Gasteiger partial charge is 0.237 e. The van der Waals surface area contributed by atoms with Crippen LogP contribution in [-0.2, 0) is 10.0 Å². The van der Waals surface area contributed by atoms with E-state index in [1.165, 1.54) is 18.2 Å². The van der Waals surface area contributed by atoms with Crippen molar-refractivity contribution in [1.82, 2.24) is 4.90 Å². The van der Waals surface area contributed by atoms with Crippen LogP contribution in [0.25, 0.3) is 10.1 Å². The maximum atomic E-state index is 13.6. The van der Waals surface area contributed by atoms with E-state index in [2.05, 4.69) is 51.7 Å². The van der Waals surface area contributed by atoms with Gasteiger partial charge in [-0.3, -0.25) is 9.21 Å². The molecular formula is C24H38N2O2S2. The quantitative estimate of drug-likeness (QED) is 0.395. The van der Waals surface area contributed by atoms with Crippen LogP contribution in [0.1, 0.15) is 65.4 Å². The molecule has 168 valence electrons. The molecule has 0 amide bonds. The first-order chi connectivity index (χ1) is 14.3. The van der Waals surface area contributed by atoms with Crippen LogP contribution in [-0.4, -0.2) is 44.2 Å². The van der Waals surface area contributed by atoms with Gasteiger partial charge in [-0.05, 0) is 63.0 Å². The highest BCUT2D eigenvalue weighted by molar-refractivity contribution is 7.93. The molecule has 2 atom stereocenters. The Hall–Kier alpha value is -1.11. The molecular weight excluding hydrogens is 412 g/mol. The summed E-state index contributed by atoms with van der Waals surface area (Å²) in [5, 5.41) is 2.08. The van der Waals surface area contributed by atoms with Crippen LogP contribution in [0.4, 0.5) is 5.00 Å². The summed E-state index contributed by atoms with van der Waals surface area (Å²) in [5.74, 6) is 0.883. The molecule has 1 aromatic carbocycles. The van der Waals surface area contributed by atoms with Crippen LogP contribution in [0, 0.1) is 12.8 Å². The first kappa shape index (κ1) is 23.6. The number of sulfonamides is 1. The predicted molar refractivity (Wildman–Crippen MR) is 131 cm³/mol. The van der Waals surface area contributed by atoms with Crippen molar-refractivity contribution in [2.45, 2.75) is 78.8 Å². The lowest BCUT2D eigenvalue weighted by molar-refractivity contribution is 0.156. The first-order valence-corrected chi connectivity index (χ1v) is 13.9. The lowest BCUT2D eigenvalue weighted by Crippen LogP contribution is -2.45. The minimum Gasteiger partial charge on any atom is -0.297 e. The van der Waals surface area contributed by atoms with Gasteiger partial charge in [0.15, 0.2) is 0 Å². The summed E-state index contributed by atoms with van der Waals surface area (Å²) in [6.45, 7) is 12.0. The monoisotopic (exact) mass is 450 g/mol. The van der Waals surface area contributed by atoms with Gasteiger partial charge in [0.25, 0.3) is 0 Å². The fraction of sp³-hybridized carbons (Fsp3) is 0.667. The van der Waals surface area contributed by atoms with Crippen LogP contribution < -0.4 is 4.31 Å². The Kier molecular flexibility index (Phi) is 7.86. The Bertz CT molecular complexity index is 924. The Morgan fingerprint density at radius 2 is 1.70 bits per heavy atom. The van der Waals surface area contributed by atoms with Crippen molar-refractivity contribution >= 4 is 36.4 Å².